The molecule has 2 aliphatic rings. The van der Waals surface area contributed by atoms with Crippen LogP contribution in [0.5, 0.6) is 0 Å². The highest BCUT2D eigenvalue weighted by Crippen LogP contribution is 2.30. The SMILES string of the molecule is CC(C)CN(C)C(=O)c1cccc(Cn2c(C(=O)N3CCNCC3)c(-c3ccccc3)n(-c3cccc(N4CCOCC4)c3)c2=O)c1. The molecule has 0 aliphatic carbocycles. The highest BCUT2D eigenvalue weighted by molar-refractivity contribution is 5.99. The van der Waals surface area contributed by atoms with Crippen LogP contribution in [-0.2, 0) is 11.3 Å². The van der Waals surface area contributed by atoms with E-state index >= 15 is 0 Å². The number of carbonyl (C=O) groups excluding carboxylic acids is 2. The number of hydrogen-bond donors (Lipinski definition) is 1. The number of imidazole rings is 1. The Bertz CT molecular complexity index is 1770. The van der Waals surface area contributed by atoms with Crippen LogP contribution in [-0.4, -0.2) is 96.8 Å². The second-order valence-corrected chi connectivity index (χ2v) is 12.7. The number of benzene rings is 3. The molecule has 0 saturated carbocycles. The number of aromatic nitrogens is 2. The van der Waals surface area contributed by atoms with Crippen LogP contribution in [0.2, 0.25) is 0 Å². The van der Waals surface area contributed by atoms with E-state index < -0.39 is 0 Å². The van der Waals surface area contributed by atoms with Gasteiger partial charge in [0.15, 0.2) is 0 Å². The lowest BCUT2D eigenvalue weighted by Gasteiger charge is -2.29. The molecule has 10 nitrogen and oxygen atoms in total. The number of anilines is 1. The van der Waals surface area contributed by atoms with E-state index in [4.69, 9.17) is 4.74 Å². The molecule has 246 valence electrons. The van der Waals surface area contributed by atoms with Crippen molar-refractivity contribution in [3.05, 3.63) is 106 Å². The van der Waals surface area contributed by atoms with E-state index in [2.05, 4.69) is 24.1 Å². The first-order valence-electron chi connectivity index (χ1n) is 16.5. The molecule has 3 aromatic carbocycles. The maximum Gasteiger partial charge on any atom is 0.334 e. The zero-order chi connectivity index (χ0) is 32.9. The molecule has 0 unspecified atom stereocenters. The van der Waals surface area contributed by atoms with Gasteiger partial charge in [-0.2, -0.15) is 0 Å². The third-order valence-electron chi connectivity index (χ3n) is 8.76. The van der Waals surface area contributed by atoms with Gasteiger partial charge in [0.1, 0.15) is 5.69 Å². The van der Waals surface area contributed by atoms with Gasteiger partial charge in [0.25, 0.3) is 11.8 Å². The predicted molar refractivity (Wildman–Crippen MR) is 185 cm³/mol. The average Bonchev–Trinajstić information content (AvgIpc) is 3.39. The smallest absolute Gasteiger partial charge is 0.334 e. The van der Waals surface area contributed by atoms with Crippen LogP contribution >= 0.6 is 0 Å². The van der Waals surface area contributed by atoms with Gasteiger partial charge in [-0.05, 0) is 41.8 Å². The average molecular weight is 637 g/mol. The summed E-state index contributed by atoms with van der Waals surface area (Å²) < 4.78 is 8.85. The molecule has 0 atom stereocenters. The lowest BCUT2D eigenvalue weighted by molar-refractivity contribution is 0.0724. The summed E-state index contributed by atoms with van der Waals surface area (Å²) in [6.45, 7) is 10.2. The summed E-state index contributed by atoms with van der Waals surface area (Å²) in [5, 5.41) is 3.32. The van der Waals surface area contributed by atoms with Gasteiger partial charge in [0.05, 0.1) is 31.1 Å². The molecule has 2 saturated heterocycles. The normalized spacial score (nSPS) is 15.2. The first-order chi connectivity index (χ1) is 22.8. The molecule has 3 heterocycles. The molecule has 2 amide bonds. The summed E-state index contributed by atoms with van der Waals surface area (Å²) in [6, 6.07) is 25.0. The van der Waals surface area contributed by atoms with Gasteiger partial charge in [-0.3, -0.25) is 18.7 Å². The van der Waals surface area contributed by atoms with E-state index in [1.165, 1.54) is 0 Å². The highest BCUT2D eigenvalue weighted by atomic mass is 16.5. The van der Waals surface area contributed by atoms with Gasteiger partial charge < -0.3 is 24.8 Å². The Hall–Kier alpha value is -4.67. The van der Waals surface area contributed by atoms with Crippen molar-refractivity contribution >= 4 is 17.5 Å². The van der Waals surface area contributed by atoms with Crippen molar-refractivity contribution in [3.63, 3.8) is 0 Å². The minimum Gasteiger partial charge on any atom is -0.378 e. The van der Waals surface area contributed by atoms with Gasteiger partial charge >= 0.3 is 5.69 Å². The van der Waals surface area contributed by atoms with Gasteiger partial charge in [-0.1, -0.05) is 62.4 Å². The lowest BCUT2D eigenvalue weighted by atomic mass is 10.1. The van der Waals surface area contributed by atoms with Crippen molar-refractivity contribution in [2.75, 3.05) is 71.0 Å². The van der Waals surface area contributed by atoms with Crippen LogP contribution in [0.3, 0.4) is 0 Å². The fourth-order valence-electron chi connectivity index (χ4n) is 6.51. The number of piperazine rings is 1. The zero-order valence-corrected chi connectivity index (χ0v) is 27.5. The van der Waals surface area contributed by atoms with Crippen LogP contribution < -0.4 is 15.9 Å². The fourth-order valence-corrected chi connectivity index (χ4v) is 6.51. The molecule has 0 spiro atoms. The molecule has 2 fully saturated rings. The molecule has 4 aromatic rings. The Balaban J connectivity index is 1.51. The van der Waals surface area contributed by atoms with Crippen molar-refractivity contribution in [1.29, 1.82) is 0 Å². The van der Waals surface area contributed by atoms with E-state index in [9.17, 15) is 14.4 Å². The molecular formula is C37H44N6O4. The van der Waals surface area contributed by atoms with Gasteiger partial charge in [0, 0.05) is 69.7 Å². The number of amides is 2. The van der Waals surface area contributed by atoms with Gasteiger partial charge in [0.2, 0.25) is 0 Å². The summed E-state index contributed by atoms with van der Waals surface area (Å²) >= 11 is 0. The minimum absolute atomic E-state index is 0.0764. The Labute approximate surface area is 276 Å². The van der Waals surface area contributed by atoms with Crippen molar-refractivity contribution in [1.82, 2.24) is 24.3 Å². The molecule has 47 heavy (non-hydrogen) atoms. The van der Waals surface area contributed by atoms with Gasteiger partial charge in [-0.25, -0.2) is 4.79 Å². The lowest BCUT2D eigenvalue weighted by Crippen LogP contribution is -2.47. The number of carbonyl (C=O) groups is 2. The van der Waals surface area contributed by atoms with Crippen molar-refractivity contribution in [3.8, 4) is 16.9 Å². The molecule has 0 radical (unpaired) electrons. The van der Waals surface area contributed by atoms with Crippen molar-refractivity contribution in [2.45, 2.75) is 20.4 Å². The topological polar surface area (TPSA) is 92.1 Å². The maximum atomic E-state index is 14.7. The Morgan fingerprint density at radius 2 is 1.57 bits per heavy atom. The van der Waals surface area contributed by atoms with Gasteiger partial charge in [-0.15, -0.1) is 0 Å². The second kappa shape index (κ2) is 14.4. The van der Waals surface area contributed by atoms with Crippen LogP contribution in [0.4, 0.5) is 5.69 Å². The zero-order valence-electron chi connectivity index (χ0n) is 27.5. The maximum absolute atomic E-state index is 14.7. The number of nitrogens with one attached hydrogen (secondary N) is 1. The standard InChI is InChI=1S/C37H44N6O4/c1-27(2)25-39(3)35(44)30-12-7-9-28(23-30)26-42-34(36(45)41-17-15-38-16-18-41)33(29-10-5-4-6-11-29)43(37(42)46)32-14-8-13-31(24-32)40-19-21-47-22-20-40/h4-14,23-24,27,38H,15-22,25-26H2,1-3H3. The van der Waals surface area contributed by atoms with Crippen LogP contribution in [0.1, 0.15) is 40.3 Å². The monoisotopic (exact) mass is 636 g/mol. The first-order valence-corrected chi connectivity index (χ1v) is 16.5. The van der Waals surface area contributed by atoms with E-state index in [1.807, 2.05) is 77.7 Å². The summed E-state index contributed by atoms with van der Waals surface area (Å²) in [5.74, 6) is 0.0732. The molecular weight excluding hydrogens is 592 g/mol. The Morgan fingerprint density at radius 3 is 2.30 bits per heavy atom. The molecule has 1 N–H and O–H groups in total. The highest BCUT2D eigenvalue weighted by Gasteiger charge is 2.31. The van der Waals surface area contributed by atoms with E-state index in [1.54, 1.807) is 27.1 Å². The fraction of sp³-hybridized carbons (Fsp3) is 0.378. The Morgan fingerprint density at radius 1 is 0.872 bits per heavy atom. The van der Waals surface area contributed by atoms with E-state index in [0.717, 1.165) is 29.9 Å². The number of nitrogens with zero attached hydrogens (tertiary/aromatic N) is 5. The predicted octanol–water partition coefficient (Wildman–Crippen LogP) is 3.96. The van der Waals surface area contributed by atoms with E-state index in [0.29, 0.717) is 74.5 Å². The van der Waals surface area contributed by atoms with Crippen LogP contribution in [0, 0.1) is 5.92 Å². The largest absolute Gasteiger partial charge is 0.378 e. The quantitative estimate of drug-likeness (QED) is 0.299. The molecule has 10 heteroatoms. The van der Waals surface area contributed by atoms with Crippen LogP contribution in [0.25, 0.3) is 16.9 Å². The first kappa shape index (κ1) is 32.3. The summed E-state index contributed by atoms with van der Waals surface area (Å²) in [6.07, 6.45) is 0. The van der Waals surface area contributed by atoms with Crippen LogP contribution in [0.15, 0.2) is 83.7 Å². The molecule has 1 aromatic heterocycles. The minimum atomic E-state index is -0.310. The number of rotatable bonds is 9. The number of morpholine rings is 1. The summed E-state index contributed by atoms with van der Waals surface area (Å²) in [7, 11) is 1.81. The third kappa shape index (κ3) is 7.03. The number of hydrogen-bond acceptors (Lipinski definition) is 6. The van der Waals surface area contributed by atoms with Crippen molar-refractivity contribution < 1.29 is 14.3 Å². The third-order valence-corrected chi connectivity index (χ3v) is 8.76. The molecule has 6 rings (SSSR count). The number of ether oxygens (including phenoxy) is 1. The van der Waals surface area contributed by atoms with Crippen molar-refractivity contribution in [2.24, 2.45) is 5.92 Å². The second-order valence-electron chi connectivity index (χ2n) is 12.7. The Kier molecular flexibility index (Phi) is 9.89. The summed E-state index contributed by atoms with van der Waals surface area (Å²) in [4.78, 5) is 48.4. The van der Waals surface area contributed by atoms with E-state index in [-0.39, 0.29) is 24.0 Å². The molecule has 2 aliphatic heterocycles. The molecule has 0 bridgehead atoms. The summed E-state index contributed by atoms with van der Waals surface area (Å²) in [5.41, 5.74) is 4.36.